The van der Waals surface area contributed by atoms with E-state index in [0.29, 0.717) is 22.1 Å². The lowest BCUT2D eigenvalue weighted by atomic mass is 9.76. The van der Waals surface area contributed by atoms with Gasteiger partial charge < -0.3 is 10.1 Å². The van der Waals surface area contributed by atoms with E-state index in [4.69, 9.17) is 16.3 Å². The third-order valence-electron chi connectivity index (χ3n) is 4.63. The van der Waals surface area contributed by atoms with Crippen LogP contribution in [0.25, 0.3) is 0 Å². The molecule has 1 N–H and O–H groups in total. The lowest BCUT2D eigenvalue weighted by Crippen LogP contribution is -2.33. The Hall–Kier alpha value is -1.84. The van der Waals surface area contributed by atoms with Crippen molar-refractivity contribution in [2.75, 3.05) is 13.1 Å². The number of carbonyl (C=O) groups is 1. The number of ketones is 1. The summed E-state index contributed by atoms with van der Waals surface area (Å²) in [5, 5.41) is 3.80. The maximum Gasteiger partial charge on any atom is 0.174 e. The lowest BCUT2D eigenvalue weighted by molar-refractivity contribution is 0.0799. The van der Waals surface area contributed by atoms with Crippen LogP contribution in [0.1, 0.15) is 36.5 Å². The van der Waals surface area contributed by atoms with Gasteiger partial charge in [0.15, 0.2) is 11.5 Å². The Morgan fingerprint density at radius 2 is 2.00 bits per heavy atom. The van der Waals surface area contributed by atoms with Gasteiger partial charge in [-0.05, 0) is 43.7 Å². The predicted molar refractivity (Wildman–Crippen MR) is 97.1 cm³/mol. The minimum absolute atomic E-state index is 0.128. The van der Waals surface area contributed by atoms with E-state index in [9.17, 15) is 4.79 Å². The molecular formula is C20H22ClNO2. The van der Waals surface area contributed by atoms with Crippen LogP contribution in [-0.2, 0) is 0 Å². The molecule has 0 radical (unpaired) electrons. The predicted octanol–water partition coefficient (Wildman–Crippen LogP) is 5.09. The van der Waals surface area contributed by atoms with E-state index in [1.54, 1.807) is 6.07 Å². The monoisotopic (exact) mass is 343 g/mol. The van der Waals surface area contributed by atoms with Crippen molar-refractivity contribution in [1.29, 1.82) is 0 Å². The van der Waals surface area contributed by atoms with Crippen LogP contribution < -0.4 is 10.1 Å². The Kier molecular flexibility index (Phi) is 5.22. The molecule has 2 aromatic carbocycles. The van der Waals surface area contributed by atoms with Crippen molar-refractivity contribution in [3.8, 4) is 11.5 Å². The molecule has 3 rings (SSSR count). The van der Waals surface area contributed by atoms with E-state index >= 15 is 0 Å². The lowest BCUT2D eigenvalue weighted by Gasteiger charge is -2.27. The zero-order valence-electron chi connectivity index (χ0n) is 13.8. The molecule has 0 spiro atoms. The number of ether oxygens (including phenoxy) is 1. The molecule has 0 aliphatic carbocycles. The summed E-state index contributed by atoms with van der Waals surface area (Å²) in [6.45, 7) is 3.71. The van der Waals surface area contributed by atoms with Crippen molar-refractivity contribution in [2.24, 2.45) is 5.41 Å². The first-order chi connectivity index (χ1) is 11.7. The van der Waals surface area contributed by atoms with Crippen LogP contribution in [0.5, 0.6) is 11.5 Å². The van der Waals surface area contributed by atoms with Gasteiger partial charge >= 0.3 is 0 Å². The Labute approximate surface area is 148 Å². The molecular weight excluding hydrogens is 322 g/mol. The van der Waals surface area contributed by atoms with Crippen LogP contribution in [-0.4, -0.2) is 18.9 Å². The number of Topliss-reactive ketones (excluding diaryl/α,β-unsaturated/α-hetero) is 1. The van der Waals surface area contributed by atoms with Crippen LogP contribution in [0.2, 0.25) is 5.02 Å². The molecule has 0 bridgehead atoms. The van der Waals surface area contributed by atoms with E-state index in [-0.39, 0.29) is 11.2 Å². The second-order valence-corrected chi connectivity index (χ2v) is 6.73. The molecule has 1 heterocycles. The SMILES string of the molecule is CCCC1(C(=O)c2cccc(Cl)c2Oc2ccccc2)CCNC1. The van der Waals surface area contributed by atoms with Gasteiger partial charge in [-0.25, -0.2) is 0 Å². The van der Waals surface area contributed by atoms with Crippen LogP contribution >= 0.6 is 11.6 Å². The fourth-order valence-electron chi connectivity index (χ4n) is 3.43. The number of rotatable bonds is 6. The Bertz CT molecular complexity index is 709. The molecule has 3 nitrogen and oxygen atoms in total. The second kappa shape index (κ2) is 7.37. The molecule has 0 saturated carbocycles. The van der Waals surface area contributed by atoms with Crippen molar-refractivity contribution in [2.45, 2.75) is 26.2 Å². The largest absolute Gasteiger partial charge is 0.455 e. The van der Waals surface area contributed by atoms with Gasteiger partial charge in [-0.1, -0.05) is 49.2 Å². The molecule has 1 saturated heterocycles. The molecule has 0 aromatic heterocycles. The highest BCUT2D eigenvalue weighted by Crippen LogP contribution is 2.40. The first-order valence-corrected chi connectivity index (χ1v) is 8.81. The van der Waals surface area contributed by atoms with E-state index in [1.807, 2.05) is 42.5 Å². The van der Waals surface area contributed by atoms with Gasteiger partial charge in [0.25, 0.3) is 0 Å². The summed E-state index contributed by atoms with van der Waals surface area (Å²) in [6, 6.07) is 14.8. The van der Waals surface area contributed by atoms with Gasteiger partial charge in [0.2, 0.25) is 0 Å². The highest BCUT2D eigenvalue weighted by atomic mass is 35.5. The summed E-state index contributed by atoms with van der Waals surface area (Å²) in [5.74, 6) is 1.26. The number of para-hydroxylation sites is 2. The summed E-state index contributed by atoms with van der Waals surface area (Å²) in [4.78, 5) is 13.3. The smallest absolute Gasteiger partial charge is 0.174 e. The van der Waals surface area contributed by atoms with Crippen molar-refractivity contribution in [3.63, 3.8) is 0 Å². The van der Waals surface area contributed by atoms with Gasteiger partial charge in [0.05, 0.1) is 10.6 Å². The highest BCUT2D eigenvalue weighted by Gasteiger charge is 2.41. The topological polar surface area (TPSA) is 38.3 Å². The van der Waals surface area contributed by atoms with Gasteiger partial charge in [0.1, 0.15) is 5.75 Å². The molecule has 0 amide bonds. The maximum atomic E-state index is 13.3. The summed E-state index contributed by atoms with van der Waals surface area (Å²) >= 11 is 6.36. The summed E-state index contributed by atoms with van der Waals surface area (Å²) in [5.41, 5.74) is 0.220. The standard InChI is InChI=1S/C20H22ClNO2/c1-2-11-20(12-13-22-14-20)19(23)16-9-6-10-17(21)18(16)24-15-7-4-3-5-8-15/h3-10,22H,2,11-14H2,1H3. The summed E-state index contributed by atoms with van der Waals surface area (Å²) in [6.07, 6.45) is 2.70. The zero-order valence-corrected chi connectivity index (χ0v) is 14.6. The summed E-state index contributed by atoms with van der Waals surface area (Å²) in [7, 11) is 0. The van der Waals surface area contributed by atoms with Crippen LogP contribution in [0.3, 0.4) is 0 Å². The molecule has 4 heteroatoms. The number of halogens is 1. The maximum absolute atomic E-state index is 13.3. The van der Waals surface area contributed by atoms with E-state index in [1.165, 1.54) is 0 Å². The van der Waals surface area contributed by atoms with Gasteiger partial charge in [-0.3, -0.25) is 4.79 Å². The van der Waals surface area contributed by atoms with Crippen molar-refractivity contribution in [1.82, 2.24) is 5.32 Å². The molecule has 1 fully saturated rings. The highest BCUT2D eigenvalue weighted by molar-refractivity contribution is 6.32. The fraction of sp³-hybridized carbons (Fsp3) is 0.350. The quantitative estimate of drug-likeness (QED) is 0.742. The number of hydrogen-bond donors (Lipinski definition) is 1. The third-order valence-corrected chi connectivity index (χ3v) is 4.93. The molecule has 1 aliphatic heterocycles. The molecule has 1 atom stereocenters. The van der Waals surface area contributed by atoms with Gasteiger partial charge in [-0.2, -0.15) is 0 Å². The minimum atomic E-state index is -0.353. The normalized spacial score (nSPS) is 20.1. The van der Waals surface area contributed by atoms with Crippen LogP contribution in [0, 0.1) is 5.41 Å². The molecule has 1 aliphatic rings. The van der Waals surface area contributed by atoms with Crippen LogP contribution in [0.4, 0.5) is 0 Å². The van der Waals surface area contributed by atoms with E-state index in [2.05, 4.69) is 12.2 Å². The van der Waals surface area contributed by atoms with Gasteiger partial charge in [-0.15, -0.1) is 0 Å². The average molecular weight is 344 g/mol. The third kappa shape index (κ3) is 3.33. The first-order valence-electron chi connectivity index (χ1n) is 8.43. The minimum Gasteiger partial charge on any atom is -0.455 e. The van der Waals surface area contributed by atoms with Crippen molar-refractivity contribution < 1.29 is 9.53 Å². The number of carbonyl (C=O) groups excluding carboxylic acids is 1. The second-order valence-electron chi connectivity index (χ2n) is 6.32. The first kappa shape index (κ1) is 17.0. The zero-order chi connectivity index (χ0) is 17.0. The van der Waals surface area contributed by atoms with Crippen LogP contribution in [0.15, 0.2) is 48.5 Å². The van der Waals surface area contributed by atoms with E-state index < -0.39 is 0 Å². The molecule has 24 heavy (non-hydrogen) atoms. The Morgan fingerprint density at radius 1 is 1.21 bits per heavy atom. The van der Waals surface area contributed by atoms with E-state index in [0.717, 1.165) is 32.4 Å². The fourth-order valence-corrected chi connectivity index (χ4v) is 3.64. The van der Waals surface area contributed by atoms with Crippen molar-refractivity contribution >= 4 is 17.4 Å². The summed E-state index contributed by atoms with van der Waals surface area (Å²) < 4.78 is 5.97. The average Bonchev–Trinajstić information content (AvgIpc) is 3.07. The molecule has 1 unspecified atom stereocenters. The number of hydrogen-bond acceptors (Lipinski definition) is 3. The Morgan fingerprint density at radius 3 is 2.67 bits per heavy atom. The van der Waals surface area contributed by atoms with Gasteiger partial charge in [0, 0.05) is 12.0 Å². The number of benzene rings is 2. The number of nitrogens with one attached hydrogen (secondary N) is 1. The molecule has 2 aromatic rings. The molecule has 126 valence electrons. The Balaban J connectivity index is 1.98. The van der Waals surface area contributed by atoms with Crippen molar-refractivity contribution in [3.05, 3.63) is 59.1 Å².